The molecule has 7 nitrogen and oxygen atoms in total. The zero-order valence-electron chi connectivity index (χ0n) is 10.8. The number of hydrogen-bond donors (Lipinski definition) is 1. The highest BCUT2D eigenvalue weighted by atomic mass is 16.7. The fourth-order valence-corrected chi connectivity index (χ4v) is 1.48. The molecule has 0 saturated heterocycles. The monoisotopic (exact) mass is 285 g/mol. The molecule has 0 aliphatic rings. The lowest BCUT2D eigenvalue weighted by molar-refractivity contribution is -0.384. The van der Waals surface area contributed by atoms with E-state index in [2.05, 4.69) is 15.3 Å². The number of nitrogens with one attached hydrogen (secondary N) is 1. The highest BCUT2D eigenvalue weighted by Gasteiger charge is 2.03. The van der Waals surface area contributed by atoms with E-state index in [1.165, 1.54) is 30.5 Å². The lowest BCUT2D eigenvalue weighted by atomic mass is 10.2. The Morgan fingerprint density at radius 2 is 1.81 bits per heavy atom. The number of amides is 1. The van der Waals surface area contributed by atoms with Crippen molar-refractivity contribution in [1.29, 1.82) is 0 Å². The van der Waals surface area contributed by atoms with Crippen LogP contribution in [0, 0.1) is 10.1 Å². The molecule has 2 rings (SSSR count). The Bertz CT molecular complexity index is 654. The van der Waals surface area contributed by atoms with Gasteiger partial charge in [-0.05, 0) is 29.8 Å². The van der Waals surface area contributed by atoms with Gasteiger partial charge in [-0.1, -0.05) is 23.4 Å². The molecule has 2 aromatic rings. The summed E-state index contributed by atoms with van der Waals surface area (Å²) in [5.41, 5.74) is 1.15. The quantitative estimate of drug-likeness (QED) is 0.404. The van der Waals surface area contributed by atoms with Gasteiger partial charge in [0.15, 0.2) is 0 Å². The first-order valence-corrected chi connectivity index (χ1v) is 5.96. The maximum absolute atomic E-state index is 11.4. The van der Waals surface area contributed by atoms with Crippen LogP contribution in [0.4, 0.5) is 16.2 Å². The van der Waals surface area contributed by atoms with Gasteiger partial charge in [0.25, 0.3) is 5.69 Å². The number of nitro groups is 1. The molecule has 0 saturated carbocycles. The van der Waals surface area contributed by atoms with Crippen molar-refractivity contribution in [1.82, 2.24) is 0 Å². The Kier molecular flexibility index (Phi) is 4.60. The number of hydrogen-bond acceptors (Lipinski definition) is 5. The van der Waals surface area contributed by atoms with Crippen LogP contribution in [0.5, 0.6) is 0 Å². The van der Waals surface area contributed by atoms with E-state index < -0.39 is 11.0 Å². The minimum Gasteiger partial charge on any atom is -0.298 e. The molecule has 0 radical (unpaired) electrons. The number of non-ortho nitro benzene ring substituents is 1. The standard InChI is InChI=1S/C14H11N3O4/c18-14(16-12-4-2-1-3-5-12)21-15-10-11-6-8-13(9-7-11)17(19)20/h1-10H,(H,16,18)/b15-10+. The summed E-state index contributed by atoms with van der Waals surface area (Å²) in [6.45, 7) is 0. The van der Waals surface area contributed by atoms with Gasteiger partial charge in [0, 0.05) is 17.8 Å². The molecular weight excluding hydrogens is 274 g/mol. The third-order valence-corrected chi connectivity index (χ3v) is 2.46. The number of oxime groups is 1. The van der Waals surface area contributed by atoms with Crippen LogP contribution < -0.4 is 5.32 Å². The SMILES string of the molecule is O=C(Nc1ccccc1)O/N=C/c1ccc([N+](=O)[O-])cc1. The lowest BCUT2D eigenvalue weighted by Crippen LogP contribution is -2.10. The maximum Gasteiger partial charge on any atom is 0.437 e. The fourth-order valence-electron chi connectivity index (χ4n) is 1.48. The summed E-state index contributed by atoms with van der Waals surface area (Å²) in [6.07, 6.45) is 0.563. The van der Waals surface area contributed by atoms with E-state index in [1.54, 1.807) is 24.3 Å². The summed E-state index contributed by atoms with van der Waals surface area (Å²) in [5.74, 6) is 0. The summed E-state index contributed by atoms with van der Waals surface area (Å²) in [7, 11) is 0. The zero-order valence-corrected chi connectivity index (χ0v) is 10.8. The second kappa shape index (κ2) is 6.80. The first-order valence-electron chi connectivity index (χ1n) is 5.96. The summed E-state index contributed by atoms with van der Waals surface area (Å²) < 4.78 is 0. The van der Waals surface area contributed by atoms with Crippen LogP contribution in [0.2, 0.25) is 0 Å². The average molecular weight is 285 g/mol. The molecule has 0 aliphatic carbocycles. The highest BCUT2D eigenvalue weighted by Crippen LogP contribution is 2.10. The van der Waals surface area contributed by atoms with Crippen molar-refractivity contribution < 1.29 is 14.6 Å². The molecule has 1 N–H and O–H groups in total. The molecule has 0 aliphatic heterocycles. The first-order chi connectivity index (χ1) is 10.1. The van der Waals surface area contributed by atoms with Crippen LogP contribution in [-0.4, -0.2) is 17.2 Å². The summed E-state index contributed by atoms with van der Waals surface area (Å²) in [6, 6.07) is 14.5. The molecule has 1 amide bonds. The molecule has 0 heterocycles. The lowest BCUT2D eigenvalue weighted by Gasteiger charge is -2.01. The van der Waals surface area contributed by atoms with E-state index in [-0.39, 0.29) is 5.69 Å². The van der Waals surface area contributed by atoms with Gasteiger partial charge in [-0.15, -0.1) is 0 Å². The Morgan fingerprint density at radius 3 is 2.43 bits per heavy atom. The number of carbonyl (C=O) groups excluding carboxylic acids is 1. The van der Waals surface area contributed by atoms with Crippen molar-refractivity contribution in [2.24, 2.45) is 5.16 Å². The van der Waals surface area contributed by atoms with E-state index >= 15 is 0 Å². The molecular formula is C14H11N3O4. The fraction of sp³-hybridized carbons (Fsp3) is 0. The zero-order chi connectivity index (χ0) is 15.1. The van der Waals surface area contributed by atoms with Crippen molar-refractivity contribution in [3.05, 3.63) is 70.3 Å². The van der Waals surface area contributed by atoms with E-state index in [4.69, 9.17) is 0 Å². The van der Waals surface area contributed by atoms with E-state index in [1.807, 2.05) is 6.07 Å². The van der Waals surface area contributed by atoms with E-state index in [0.717, 1.165) is 0 Å². The molecule has 0 aromatic heterocycles. The predicted octanol–water partition coefficient (Wildman–Crippen LogP) is 3.18. The molecule has 0 bridgehead atoms. The molecule has 0 spiro atoms. The highest BCUT2D eigenvalue weighted by molar-refractivity contribution is 5.85. The molecule has 0 atom stereocenters. The summed E-state index contributed by atoms with van der Waals surface area (Å²) in [4.78, 5) is 26.0. The van der Waals surface area contributed by atoms with E-state index in [0.29, 0.717) is 11.3 Å². The van der Waals surface area contributed by atoms with Gasteiger partial charge >= 0.3 is 6.09 Å². The van der Waals surface area contributed by atoms with Crippen molar-refractivity contribution in [2.75, 3.05) is 5.32 Å². The number of para-hydroxylation sites is 1. The number of nitrogens with zero attached hydrogens (tertiary/aromatic N) is 2. The maximum atomic E-state index is 11.4. The van der Waals surface area contributed by atoms with Gasteiger partial charge in [-0.2, -0.15) is 0 Å². The molecule has 7 heteroatoms. The second-order valence-corrected chi connectivity index (χ2v) is 3.95. The van der Waals surface area contributed by atoms with Crippen LogP contribution in [0.3, 0.4) is 0 Å². The first kappa shape index (κ1) is 14.2. The van der Waals surface area contributed by atoms with Crippen molar-refractivity contribution >= 4 is 23.7 Å². The number of carbonyl (C=O) groups is 1. The van der Waals surface area contributed by atoms with Crippen LogP contribution >= 0.6 is 0 Å². The van der Waals surface area contributed by atoms with Gasteiger partial charge in [0.1, 0.15) is 0 Å². The minimum atomic E-state index is -0.723. The topological polar surface area (TPSA) is 93.8 Å². The third-order valence-electron chi connectivity index (χ3n) is 2.46. The smallest absolute Gasteiger partial charge is 0.298 e. The van der Waals surface area contributed by atoms with Crippen molar-refractivity contribution in [2.45, 2.75) is 0 Å². The number of nitro benzene ring substituents is 1. The number of anilines is 1. The average Bonchev–Trinajstić information content (AvgIpc) is 2.49. The predicted molar refractivity (Wildman–Crippen MR) is 77.2 cm³/mol. The largest absolute Gasteiger partial charge is 0.437 e. The number of benzene rings is 2. The van der Waals surface area contributed by atoms with Gasteiger partial charge in [-0.3, -0.25) is 20.3 Å². The van der Waals surface area contributed by atoms with Gasteiger partial charge in [0.05, 0.1) is 11.1 Å². The third kappa shape index (κ3) is 4.43. The van der Waals surface area contributed by atoms with Gasteiger partial charge in [-0.25, -0.2) is 4.79 Å². The van der Waals surface area contributed by atoms with Crippen molar-refractivity contribution in [3.63, 3.8) is 0 Å². The minimum absolute atomic E-state index is 0.0186. The molecule has 2 aromatic carbocycles. The van der Waals surface area contributed by atoms with E-state index in [9.17, 15) is 14.9 Å². The van der Waals surface area contributed by atoms with Crippen LogP contribution in [-0.2, 0) is 4.84 Å². The molecule has 0 fully saturated rings. The van der Waals surface area contributed by atoms with Crippen molar-refractivity contribution in [3.8, 4) is 0 Å². The van der Waals surface area contributed by atoms with Crippen LogP contribution in [0.1, 0.15) is 5.56 Å². The Labute approximate surface area is 120 Å². The molecule has 21 heavy (non-hydrogen) atoms. The van der Waals surface area contributed by atoms with Crippen LogP contribution in [0.25, 0.3) is 0 Å². The summed E-state index contributed by atoms with van der Waals surface area (Å²) >= 11 is 0. The number of rotatable bonds is 4. The molecule has 0 unspecified atom stereocenters. The Balaban J connectivity index is 1.87. The second-order valence-electron chi connectivity index (χ2n) is 3.95. The Morgan fingerprint density at radius 1 is 1.14 bits per heavy atom. The van der Waals surface area contributed by atoms with Gasteiger partial charge < -0.3 is 0 Å². The molecule has 106 valence electrons. The van der Waals surface area contributed by atoms with Crippen LogP contribution in [0.15, 0.2) is 59.8 Å². The summed E-state index contributed by atoms with van der Waals surface area (Å²) in [5, 5.41) is 16.5. The Hall–Kier alpha value is -3.22. The van der Waals surface area contributed by atoms with Gasteiger partial charge in [0.2, 0.25) is 0 Å². The normalized spacial score (nSPS) is 10.3.